The van der Waals surface area contributed by atoms with E-state index in [0.717, 1.165) is 4.57 Å². The van der Waals surface area contributed by atoms with Gasteiger partial charge in [0.25, 0.3) is 5.56 Å². The van der Waals surface area contributed by atoms with Crippen LogP contribution in [-0.2, 0) is 11.8 Å². The van der Waals surface area contributed by atoms with Crippen LogP contribution in [0.1, 0.15) is 12.6 Å². The van der Waals surface area contributed by atoms with Gasteiger partial charge in [-0.15, -0.1) is 0 Å². The summed E-state index contributed by atoms with van der Waals surface area (Å²) in [6.45, 7) is -0.307. The van der Waals surface area contributed by atoms with Crippen molar-refractivity contribution >= 4 is 0 Å². The molecule has 3 atom stereocenters. The third-order valence-electron chi connectivity index (χ3n) is 2.91. The van der Waals surface area contributed by atoms with Crippen molar-refractivity contribution < 1.29 is 14.9 Å². The first-order valence-corrected chi connectivity index (χ1v) is 5.27. The van der Waals surface area contributed by atoms with E-state index >= 15 is 0 Å². The zero-order valence-electron chi connectivity index (χ0n) is 9.31. The number of nitrogens with zero attached hydrogens (tertiary/aromatic N) is 2. The second-order valence-corrected chi connectivity index (χ2v) is 4.02. The van der Waals surface area contributed by atoms with E-state index in [1.165, 1.54) is 23.9 Å². The van der Waals surface area contributed by atoms with Gasteiger partial charge in [-0.2, -0.15) is 0 Å². The van der Waals surface area contributed by atoms with E-state index in [9.17, 15) is 14.7 Å². The van der Waals surface area contributed by atoms with Gasteiger partial charge in [-0.1, -0.05) is 0 Å². The number of hydrogen-bond acceptors (Lipinski definition) is 5. The summed E-state index contributed by atoms with van der Waals surface area (Å²) in [7, 11) is 1.37. The van der Waals surface area contributed by atoms with Gasteiger partial charge in [0.1, 0.15) is 12.3 Å². The number of ether oxygens (including phenoxy) is 1. The molecule has 17 heavy (non-hydrogen) atoms. The molecule has 7 nitrogen and oxygen atoms in total. The smallest absolute Gasteiger partial charge is 0.332 e. The third-order valence-corrected chi connectivity index (χ3v) is 2.91. The van der Waals surface area contributed by atoms with E-state index in [2.05, 4.69) is 0 Å². The molecule has 1 fully saturated rings. The monoisotopic (exact) mass is 242 g/mol. The molecule has 7 heteroatoms. The van der Waals surface area contributed by atoms with Crippen molar-refractivity contribution in [3.05, 3.63) is 33.1 Å². The van der Waals surface area contributed by atoms with Crippen LogP contribution < -0.4 is 11.2 Å². The maximum Gasteiger partial charge on any atom is 0.332 e. The third kappa shape index (κ3) is 2.04. The van der Waals surface area contributed by atoms with Crippen LogP contribution in [0.15, 0.2) is 21.9 Å². The lowest BCUT2D eigenvalue weighted by Crippen LogP contribution is -2.38. The second-order valence-electron chi connectivity index (χ2n) is 4.02. The molecule has 94 valence electrons. The average molecular weight is 242 g/mol. The van der Waals surface area contributed by atoms with E-state index < -0.39 is 29.7 Å². The Balaban J connectivity index is 2.34. The van der Waals surface area contributed by atoms with E-state index in [0.29, 0.717) is 0 Å². The maximum atomic E-state index is 11.8. The summed E-state index contributed by atoms with van der Waals surface area (Å²) >= 11 is 0. The summed E-state index contributed by atoms with van der Waals surface area (Å²) in [5, 5.41) is 18.5. The Morgan fingerprint density at radius 2 is 2.24 bits per heavy atom. The topological polar surface area (TPSA) is 93.7 Å². The molecule has 1 aromatic rings. The standard InChI is InChI=1S/C10H14N2O5/c1-11-8(15)2-3-12(10(11)16)9-4-6(14)7(5-13)17-9/h2-3,6-7,9,13-14H,4-5H2,1H3/t6-,7-,9-/m1/s1. The normalized spacial score (nSPS) is 28.5. The molecule has 0 aromatic carbocycles. The minimum atomic E-state index is -0.811. The highest BCUT2D eigenvalue weighted by Gasteiger charge is 2.34. The quantitative estimate of drug-likeness (QED) is 0.637. The van der Waals surface area contributed by atoms with Gasteiger partial charge in [0.05, 0.1) is 12.7 Å². The van der Waals surface area contributed by atoms with Gasteiger partial charge in [0.2, 0.25) is 0 Å². The Morgan fingerprint density at radius 1 is 1.53 bits per heavy atom. The van der Waals surface area contributed by atoms with Gasteiger partial charge in [-0.25, -0.2) is 4.79 Å². The largest absolute Gasteiger partial charge is 0.394 e. The lowest BCUT2D eigenvalue weighted by atomic mass is 10.2. The fourth-order valence-corrected chi connectivity index (χ4v) is 1.86. The molecule has 0 spiro atoms. The Hall–Kier alpha value is -1.44. The van der Waals surface area contributed by atoms with E-state index in [4.69, 9.17) is 9.84 Å². The molecule has 2 heterocycles. The van der Waals surface area contributed by atoms with Gasteiger partial charge in [0.15, 0.2) is 0 Å². The maximum absolute atomic E-state index is 11.8. The van der Waals surface area contributed by atoms with Gasteiger partial charge in [0, 0.05) is 25.7 Å². The van der Waals surface area contributed by atoms with Crippen LogP contribution >= 0.6 is 0 Å². The minimum absolute atomic E-state index is 0.212. The highest BCUT2D eigenvalue weighted by molar-refractivity contribution is 4.89. The fourth-order valence-electron chi connectivity index (χ4n) is 1.86. The molecular formula is C10H14N2O5. The van der Waals surface area contributed by atoms with Gasteiger partial charge in [-0.3, -0.25) is 13.9 Å². The van der Waals surface area contributed by atoms with Crippen molar-refractivity contribution in [2.75, 3.05) is 6.61 Å². The molecule has 0 bridgehead atoms. The Kier molecular flexibility index (Phi) is 3.14. The molecule has 2 rings (SSSR count). The molecule has 0 aliphatic carbocycles. The molecular weight excluding hydrogens is 228 g/mol. The average Bonchev–Trinajstić information content (AvgIpc) is 2.67. The zero-order valence-corrected chi connectivity index (χ0v) is 9.31. The predicted octanol–water partition coefficient (Wildman–Crippen LogP) is -1.81. The minimum Gasteiger partial charge on any atom is -0.394 e. The van der Waals surface area contributed by atoms with Crippen molar-refractivity contribution in [1.29, 1.82) is 0 Å². The molecule has 1 aromatic heterocycles. The molecule has 0 unspecified atom stereocenters. The van der Waals surface area contributed by atoms with Crippen LogP contribution in [0.3, 0.4) is 0 Å². The second kappa shape index (κ2) is 4.44. The number of aliphatic hydroxyl groups excluding tert-OH is 2. The van der Waals surface area contributed by atoms with Crippen molar-refractivity contribution in [2.45, 2.75) is 24.9 Å². The van der Waals surface area contributed by atoms with Gasteiger partial charge >= 0.3 is 5.69 Å². The predicted molar refractivity (Wildman–Crippen MR) is 57.6 cm³/mol. The van der Waals surface area contributed by atoms with Crippen LogP contribution in [-0.4, -0.2) is 38.2 Å². The molecule has 0 radical (unpaired) electrons. The van der Waals surface area contributed by atoms with Crippen LogP contribution in [0.4, 0.5) is 0 Å². The van der Waals surface area contributed by atoms with Crippen LogP contribution in [0, 0.1) is 0 Å². The summed E-state index contributed by atoms with van der Waals surface area (Å²) in [4.78, 5) is 23.0. The summed E-state index contributed by atoms with van der Waals surface area (Å²) < 4.78 is 7.53. The summed E-state index contributed by atoms with van der Waals surface area (Å²) in [6.07, 6.45) is -0.606. The molecule has 1 aliphatic heterocycles. The Labute approximate surface area is 96.5 Å². The number of aromatic nitrogens is 2. The summed E-state index contributed by atoms with van der Waals surface area (Å²) in [6, 6.07) is 1.25. The van der Waals surface area contributed by atoms with Gasteiger partial charge < -0.3 is 14.9 Å². The first-order valence-electron chi connectivity index (χ1n) is 5.27. The van der Waals surface area contributed by atoms with Crippen LogP contribution in [0.25, 0.3) is 0 Å². The summed E-state index contributed by atoms with van der Waals surface area (Å²) in [5.41, 5.74) is -0.906. The van der Waals surface area contributed by atoms with Gasteiger partial charge in [-0.05, 0) is 0 Å². The molecule has 1 aliphatic rings. The van der Waals surface area contributed by atoms with E-state index in [1.54, 1.807) is 0 Å². The zero-order chi connectivity index (χ0) is 12.6. The summed E-state index contributed by atoms with van der Waals surface area (Å²) in [5.74, 6) is 0. The first kappa shape index (κ1) is 12.0. The lowest BCUT2D eigenvalue weighted by Gasteiger charge is -2.14. The fraction of sp³-hybridized carbons (Fsp3) is 0.600. The number of hydrogen-bond donors (Lipinski definition) is 2. The number of rotatable bonds is 2. The van der Waals surface area contributed by atoms with Crippen molar-refractivity contribution in [3.63, 3.8) is 0 Å². The highest BCUT2D eigenvalue weighted by atomic mass is 16.5. The van der Waals surface area contributed by atoms with Crippen molar-refractivity contribution in [1.82, 2.24) is 9.13 Å². The molecule has 2 N–H and O–H groups in total. The van der Waals surface area contributed by atoms with E-state index in [-0.39, 0.29) is 13.0 Å². The lowest BCUT2D eigenvalue weighted by molar-refractivity contribution is -0.0462. The molecule has 1 saturated heterocycles. The highest BCUT2D eigenvalue weighted by Crippen LogP contribution is 2.26. The van der Waals surface area contributed by atoms with E-state index in [1.807, 2.05) is 0 Å². The number of aliphatic hydroxyl groups is 2. The Bertz CT molecular complexity index is 520. The van der Waals surface area contributed by atoms with Crippen molar-refractivity contribution in [3.8, 4) is 0 Å². The molecule has 0 amide bonds. The Morgan fingerprint density at radius 3 is 2.82 bits per heavy atom. The van der Waals surface area contributed by atoms with Crippen molar-refractivity contribution in [2.24, 2.45) is 7.05 Å². The van der Waals surface area contributed by atoms with Crippen LogP contribution in [0.2, 0.25) is 0 Å². The first-order chi connectivity index (χ1) is 8.04. The molecule has 0 saturated carbocycles. The SMILES string of the molecule is Cn1c(=O)ccn([C@H]2C[C@@H](O)[C@@H](CO)O2)c1=O. The van der Waals surface area contributed by atoms with Crippen LogP contribution in [0.5, 0.6) is 0 Å².